The summed E-state index contributed by atoms with van der Waals surface area (Å²) in [5.74, 6) is 0.315. The van der Waals surface area contributed by atoms with Gasteiger partial charge in [0.15, 0.2) is 5.82 Å². The minimum Gasteiger partial charge on any atom is -0.268 e. The van der Waals surface area contributed by atoms with Crippen molar-refractivity contribution in [1.82, 2.24) is 25.0 Å². The molecule has 0 aliphatic heterocycles. The molecule has 21 heavy (non-hydrogen) atoms. The van der Waals surface area contributed by atoms with Gasteiger partial charge in [-0.05, 0) is 5.56 Å². The van der Waals surface area contributed by atoms with E-state index >= 15 is 0 Å². The fraction of sp³-hybridized carbons (Fsp3) is 0.154. The van der Waals surface area contributed by atoms with Gasteiger partial charge < -0.3 is 0 Å². The lowest BCUT2D eigenvalue weighted by Gasteiger charge is -2.00. The molecule has 108 valence electrons. The van der Waals surface area contributed by atoms with E-state index in [0.717, 1.165) is 11.8 Å². The molecule has 0 saturated heterocycles. The van der Waals surface area contributed by atoms with Gasteiger partial charge in [-0.3, -0.25) is 4.68 Å². The van der Waals surface area contributed by atoms with Gasteiger partial charge in [0.25, 0.3) is 0 Å². The molecule has 0 aliphatic carbocycles. The van der Waals surface area contributed by atoms with E-state index in [-0.39, 0.29) is 5.16 Å². The fourth-order valence-corrected chi connectivity index (χ4v) is 2.34. The van der Waals surface area contributed by atoms with Crippen LogP contribution in [0.3, 0.4) is 0 Å². The molecule has 8 heteroatoms. The molecule has 1 aromatic carbocycles. The van der Waals surface area contributed by atoms with Crippen molar-refractivity contribution >= 4 is 9.84 Å². The molecule has 7 nitrogen and oxygen atoms in total. The highest BCUT2D eigenvalue weighted by atomic mass is 32.2. The van der Waals surface area contributed by atoms with E-state index in [1.807, 2.05) is 30.3 Å². The highest BCUT2D eigenvalue weighted by molar-refractivity contribution is 7.90. The van der Waals surface area contributed by atoms with Gasteiger partial charge in [-0.1, -0.05) is 30.3 Å². The predicted octanol–water partition coefficient (Wildman–Crippen LogP) is 1.12. The van der Waals surface area contributed by atoms with E-state index in [9.17, 15) is 8.42 Å². The number of aromatic amines is 1. The molecule has 2 heterocycles. The molecule has 0 amide bonds. The molecular formula is C13H13N5O2S. The number of H-pyrrole nitrogens is 1. The minimum atomic E-state index is -3.39. The zero-order valence-corrected chi connectivity index (χ0v) is 12.1. The Hall–Kier alpha value is -2.48. The summed E-state index contributed by atoms with van der Waals surface area (Å²) in [5.41, 5.74) is 1.79. The maximum absolute atomic E-state index is 11.4. The van der Waals surface area contributed by atoms with Crippen LogP contribution < -0.4 is 0 Å². The summed E-state index contributed by atoms with van der Waals surface area (Å²) in [6.45, 7) is 0.629. The molecule has 0 bridgehead atoms. The van der Waals surface area contributed by atoms with Gasteiger partial charge in [0.2, 0.25) is 15.0 Å². The van der Waals surface area contributed by atoms with Crippen molar-refractivity contribution in [2.75, 3.05) is 6.26 Å². The monoisotopic (exact) mass is 303 g/mol. The molecule has 3 aromatic rings. The van der Waals surface area contributed by atoms with Gasteiger partial charge in [0, 0.05) is 12.5 Å². The van der Waals surface area contributed by atoms with Gasteiger partial charge >= 0.3 is 0 Å². The Labute approximate surface area is 121 Å². The first kappa shape index (κ1) is 13.5. The van der Waals surface area contributed by atoms with E-state index in [0.29, 0.717) is 17.9 Å². The van der Waals surface area contributed by atoms with Crippen LogP contribution >= 0.6 is 0 Å². The standard InChI is InChI=1S/C13H13N5O2S/c1-21(19,20)13-15-12(16-17-13)11-7-14-18(9-11)8-10-5-3-2-4-6-10/h2-7,9H,8H2,1H3,(H,15,16,17). The first-order chi connectivity index (χ1) is 10.0. The van der Waals surface area contributed by atoms with Crippen LogP contribution in [0, 0.1) is 0 Å². The average molecular weight is 303 g/mol. The van der Waals surface area contributed by atoms with Crippen LogP contribution in [0.5, 0.6) is 0 Å². The predicted molar refractivity (Wildman–Crippen MR) is 76.3 cm³/mol. The molecular weight excluding hydrogens is 290 g/mol. The lowest BCUT2D eigenvalue weighted by Crippen LogP contribution is -1.99. The lowest BCUT2D eigenvalue weighted by atomic mass is 10.2. The number of sulfone groups is 1. The molecule has 0 spiro atoms. The number of benzene rings is 1. The van der Waals surface area contributed by atoms with Crippen LogP contribution in [0.4, 0.5) is 0 Å². The van der Waals surface area contributed by atoms with Crippen LogP contribution in [-0.2, 0) is 16.4 Å². The number of hydrogen-bond donors (Lipinski definition) is 1. The van der Waals surface area contributed by atoms with Crippen molar-refractivity contribution < 1.29 is 8.42 Å². The Morgan fingerprint density at radius 2 is 2.00 bits per heavy atom. The summed E-state index contributed by atoms with van der Waals surface area (Å²) in [7, 11) is -3.39. The van der Waals surface area contributed by atoms with Crippen molar-refractivity contribution in [3.05, 3.63) is 48.3 Å². The Morgan fingerprint density at radius 1 is 1.24 bits per heavy atom. The molecule has 0 aliphatic rings. The van der Waals surface area contributed by atoms with Gasteiger partial charge in [-0.2, -0.15) is 15.2 Å². The zero-order chi connectivity index (χ0) is 14.9. The Morgan fingerprint density at radius 3 is 2.67 bits per heavy atom. The Bertz CT molecular complexity index is 852. The third-order valence-electron chi connectivity index (χ3n) is 2.89. The molecule has 0 unspecified atom stereocenters. The van der Waals surface area contributed by atoms with E-state index in [1.165, 1.54) is 0 Å². The zero-order valence-electron chi connectivity index (χ0n) is 11.3. The van der Waals surface area contributed by atoms with Gasteiger partial charge in [0.1, 0.15) is 0 Å². The van der Waals surface area contributed by atoms with Crippen LogP contribution in [0.15, 0.2) is 47.9 Å². The molecule has 0 atom stereocenters. The SMILES string of the molecule is CS(=O)(=O)c1nc(-c2cnn(Cc3ccccc3)c2)n[nH]1. The molecule has 0 radical (unpaired) electrons. The van der Waals surface area contributed by atoms with Gasteiger partial charge in [0.05, 0.1) is 18.3 Å². The number of rotatable bonds is 4. The quantitative estimate of drug-likeness (QED) is 0.779. The van der Waals surface area contributed by atoms with E-state index < -0.39 is 9.84 Å². The average Bonchev–Trinajstić information content (AvgIpc) is 3.07. The van der Waals surface area contributed by atoms with Crippen molar-refractivity contribution in [3.63, 3.8) is 0 Å². The highest BCUT2D eigenvalue weighted by Crippen LogP contribution is 2.15. The number of aromatic nitrogens is 5. The summed E-state index contributed by atoms with van der Waals surface area (Å²) < 4.78 is 24.5. The molecule has 0 saturated carbocycles. The molecule has 3 rings (SSSR count). The van der Waals surface area contributed by atoms with E-state index in [4.69, 9.17) is 0 Å². The first-order valence-corrected chi connectivity index (χ1v) is 8.11. The summed E-state index contributed by atoms with van der Waals surface area (Å²) in [6, 6.07) is 9.91. The normalized spacial score (nSPS) is 11.7. The van der Waals surface area contributed by atoms with Crippen molar-refractivity contribution in [3.8, 4) is 11.4 Å². The Balaban J connectivity index is 1.83. The minimum absolute atomic E-state index is 0.145. The third-order valence-corrected chi connectivity index (χ3v) is 3.78. The van der Waals surface area contributed by atoms with E-state index in [2.05, 4.69) is 20.3 Å². The van der Waals surface area contributed by atoms with Crippen molar-refractivity contribution in [2.45, 2.75) is 11.7 Å². The van der Waals surface area contributed by atoms with Gasteiger partial charge in [-0.15, -0.1) is 0 Å². The number of hydrogen-bond acceptors (Lipinski definition) is 5. The maximum Gasteiger partial charge on any atom is 0.243 e. The largest absolute Gasteiger partial charge is 0.268 e. The van der Waals surface area contributed by atoms with Crippen LogP contribution in [0.25, 0.3) is 11.4 Å². The van der Waals surface area contributed by atoms with Gasteiger partial charge in [-0.25, -0.2) is 13.5 Å². The topological polar surface area (TPSA) is 93.5 Å². The van der Waals surface area contributed by atoms with Crippen LogP contribution in [0.2, 0.25) is 0 Å². The number of nitrogens with zero attached hydrogens (tertiary/aromatic N) is 4. The second kappa shape index (κ2) is 5.13. The van der Waals surface area contributed by atoms with Crippen LogP contribution in [-0.4, -0.2) is 39.6 Å². The summed E-state index contributed by atoms with van der Waals surface area (Å²) in [5, 5.41) is 10.4. The lowest BCUT2D eigenvalue weighted by molar-refractivity contribution is 0.594. The third kappa shape index (κ3) is 3.00. The summed E-state index contributed by atoms with van der Waals surface area (Å²) in [6.07, 6.45) is 4.47. The Kier molecular flexibility index (Phi) is 3.30. The maximum atomic E-state index is 11.4. The number of nitrogens with one attached hydrogen (secondary N) is 1. The fourth-order valence-electron chi connectivity index (χ4n) is 1.88. The van der Waals surface area contributed by atoms with Crippen molar-refractivity contribution in [2.24, 2.45) is 0 Å². The van der Waals surface area contributed by atoms with E-state index in [1.54, 1.807) is 17.1 Å². The highest BCUT2D eigenvalue weighted by Gasteiger charge is 2.15. The smallest absolute Gasteiger partial charge is 0.243 e. The molecule has 0 fully saturated rings. The van der Waals surface area contributed by atoms with Crippen LogP contribution in [0.1, 0.15) is 5.56 Å². The second-order valence-corrected chi connectivity index (χ2v) is 6.58. The molecule has 2 aromatic heterocycles. The summed E-state index contributed by atoms with van der Waals surface area (Å²) >= 11 is 0. The second-order valence-electron chi connectivity index (χ2n) is 4.65. The molecule has 1 N–H and O–H groups in total. The van der Waals surface area contributed by atoms with Crippen molar-refractivity contribution in [1.29, 1.82) is 0 Å². The first-order valence-electron chi connectivity index (χ1n) is 6.21. The summed E-state index contributed by atoms with van der Waals surface area (Å²) in [4.78, 5) is 3.96.